The number of nitrogens with one attached hydrogen (secondary N) is 2. The number of fused-ring (bicyclic) bond motifs is 1. The minimum absolute atomic E-state index is 0.00815. The molecule has 1 aromatic heterocycles. The first-order chi connectivity index (χ1) is 12.8. The van der Waals surface area contributed by atoms with Crippen molar-refractivity contribution < 1.29 is 19.1 Å². The smallest absolute Gasteiger partial charge is 0.333 e. The van der Waals surface area contributed by atoms with Gasteiger partial charge in [0.2, 0.25) is 0 Å². The van der Waals surface area contributed by atoms with Crippen molar-refractivity contribution in [3.63, 3.8) is 0 Å². The van der Waals surface area contributed by atoms with Gasteiger partial charge < -0.3 is 20.1 Å². The maximum Gasteiger partial charge on any atom is 0.333 e. The molecular formula is C19H24N4O4. The van der Waals surface area contributed by atoms with Gasteiger partial charge in [-0.25, -0.2) is 9.59 Å². The number of esters is 1. The second kappa shape index (κ2) is 7.30. The van der Waals surface area contributed by atoms with E-state index in [0.29, 0.717) is 12.1 Å². The lowest BCUT2D eigenvalue weighted by Gasteiger charge is -2.30. The molecule has 2 N–H and O–H groups in total. The van der Waals surface area contributed by atoms with Gasteiger partial charge in [-0.2, -0.15) is 5.10 Å². The Morgan fingerprint density at radius 3 is 2.81 bits per heavy atom. The van der Waals surface area contributed by atoms with Gasteiger partial charge in [-0.3, -0.25) is 4.68 Å². The molecule has 27 heavy (non-hydrogen) atoms. The molecule has 0 fully saturated rings. The third-order valence-electron chi connectivity index (χ3n) is 4.59. The van der Waals surface area contributed by atoms with Gasteiger partial charge in [-0.1, -0.05) is 18.2 Å². The van der Waals surface area contributed by atoms with Crippen molar-refractivity contribution in [3.05, 3.63) is 42.2 Å². The largest absolute Gasteiger partial charge is 0.490 e. The topological polar surface area (TPSA) is 94.5 Å². The predicted molar refractivity (Wildman–Crippen MR) is 99.6 cm³/mol. The Morgan fingerprint density at radius 2 is 2.07 bits per heavy atom. The number of amides is 2. The van der Waals surface area contributed by atoms with E-state index in [4.69, 9.17) is 9.47 Å². The van der Waals surface area contributed by atoms with Gasteiger partial charge >= 0.3 is 12.0 Å². The number of hydrogen-bond donors (Lipinski definition) is 2. The van der Waals surface area contributed by atoms with E-state index in [1.165, 1.54) is 18.0 Å². The number of anilines is 1. The predicted octanol–water partition coefficient (Wildman–Crippen LogP) is 2.83. The van der Waals surface area contributed by atoms with E-state index in [-0.39, 0.29) is 18.2 Å². The third-order valence-corrected chi connectivity index (χ3v) is 4.59. The highest BCUT2D eigenvalue weighted by Crippen LogP contribution is 2.34. The summed E-state index contributed by atoms with van der Waals surface area (Å²) in [5.74, 6) is 0.364. The summed E-state index contributed by atoms with van der Waals surface area (Å²) in [6.45, 7) is 5.35. The Kier molecular flexibility index (Phi) is 5.07. The van der Waals surface area contributed by atoms with Crippen molar-refractivity contribution in [2.45, 2.75) is 44.9 Å². The molecule has 1 aliphatic rings. The summed E-state index contributed by atoms with van der Waals surface area (Å²) in [5, 5.41) is 9.89. The summed E-state index contributed by atoms with van der Waals surface area (Å²) in [7, 11) is 1.33. The quantitative estimate of drug-likeness (QED) is 0.805. The third kappa shape index (κ3) is 3.89. The summed E-state index contributed by atoms with van der Waals surface area (Å²) < 4.78 is 12.1. The Labute approximate surface area is 157 Å². The summed E-state index contributed by atoms with van der Waals surface area (Å²) >= 11 is 0. The molecular weight excluding hydrogens is 348 g/mol. The van der Waals surface area contributed by atoms with Crippen molar-refractivity contribution in [1.29, 1.82) is 0 Å². The molecule has 2 amide bonds. The summed E-state index contributed by atoms with van der Waals surface area (Å²) in [4.78, 5) is 24.3. The number of rotatable bonds is 4. The normalized spacial score (nSPS) is 18.8. The molecule has 0 saturated carbocycles. The Hall–Kier alpha value is -3.03. The first-order valence-corrected chi connectivity index (χ1v) is 8.78. The second-order valence-electron chi connectivity index (χ2n) is 7.08. The molecule has 8 heteroatoms. The zero-order valence-electron chi connectivity index (χ0n) is 15.9. The van der Waals surface area contributed by atoms with Crippen LogP contribution in [-0.2, 0) is 15.1 Å². The number of para-hydroxylation sites is 1. The second-order valence-corrected chi connectivity index (χ2v) is 7.08. The van der Waals surface area contributed by atoms with Crippen LogP contribution in [0.5, 0.6) is 5.75 Å². The van der Waals surface area contributed by atoms with Crippen LogP contribution in [0.3, 0.4) is 0 Å². The fourth-order valence-electron chi connectivity index (χ4n) is 3.10. The maximum absolute atomic E-state index is 12.5. The number of ether oxygens (including phenoxy) is 2. The molecule has 1 aromatic carbocycles. The van der Waals surface area contributed by atoms with Crippen LogP contribution >= 0.6 is 0 Å². The van der Waals surface area contributed by atoms with Gasteiger partial charge in [0.15, 0.2) is 5.54 Å². The zero-order chi connectivity index (χ0) is 19.6. The monoisotopic (exact) mass is 372 g/mol. The van der Waals surface area contributed by atoms with Gasteiger partial charge in [-0.05, 0) is 26.8 Å². The van der Waals surface area contributed by atoms with Crippen molar-refractivity contribution in [2.24, 2.45) is 0 Å². The molecule has 0 unspecified atom stereocenters. The molecule has 1 aliphatic heterocycles. The van der Waals surface area contributed by atoms with E-state index in [2.05, 4.69) is 15.7 Å². The van der Waals surface area contributed by atoms with Crippen LogP contribution < -0.4 is 15.4 Å². The first-order valence-electron chi connectivity index (χ1n) is 8.78. The summed E-state index contributed by atoms with van der Waals surface area (Å²) in [6, 6.07) is 7.18. The SMILES string of the molecule is COC(=O)C(C)(C)n1cc(NC(=O)N[C@@H]2C[C@@H](C)Oc3ccccc32)cn1. The first kappa shape index (κ1) is 18.8. The number of aromatic nitrogens is 2. The average molecular weight is 372 g/mol. The highest BCUT2D eigenvalue weighted by molar-refractivity contribution is 5.89. The van der Waals surface area contributed by atoms with Crippen LogP contribution in [0, 0.1) is 0 Å². The fourth-order valence-corrected chi connectivity index (χ4v) is 3.10. The van der Waals surface area contributed by atoms with Crippen molar-refractivity contribution in [3.8, 4) is 5.75 Å². The van der Waals surface area contributed by atoms with Crippen molar-refractivity contribution in [2.75, 3.05) is 12.4 Å². The van der Waals surface area contributed by atoms with Gasteiger partial charge in [0.05, 0.1) is 31.1 Å². The number of urea groups is 1. The standard InChI is InChI=1S/C19H24N4O4/c1-12-9-15(14-7-5-6-8-16(14)27-12)22-18(25)21-13-10-20-23(11-13)19(2,3)17(24)26-4/h5-8,10-12,15H,9H2,1-4H3,(H2,21,22,25)/t12-,15-/m1/s1. The number of carbonyl (C=O) groups is 2. The van der Waals surface area contributed by atoms with Gasteiger partial charge in [0.25, 0.3) is 0 Å². The van der Waals surface area contributed by atoms with E-state index in [0.717, 1.165) is 11.3 Å². The molecule has 0 aliphatic carbocycles. The molecule has 2 atom stereocenters. The van der Waals surface area contributed by atoms with Gasteiger partial charge in [0, 0.05) is 18.2 Å². The van der Waals surface area contributed by atoms with Gasteiger partial charge in [-0.15, -0.1) is 0 Å². The van der Waals surface area contributed by atoms with Crippen molar-refractivity contribution in [1.82, 2.24) is 15.1 Å². The zero-order valence-corrected chi connectivity index (χ0v) is 15.9. The number of benzene rings is 1. The average Bonchev–Trinajstić information content (AvgIpc) is 3.09. The molecule has 2 aromatic rings. The van der Waals surface area contributed by atoms with Crippen LogP contribution in [0.2, 0.25) is 0 Å². The Balaban J connectivity index is 1.68. The molecule has 3 rings (SSSR count). The maximum atomic E-state index is 12.5. The van der Waals surface area contributed by atoms with Crippen LogP contribution in [0.15, 0.2) is 36.7 Å². The van der Waals surface area contributed by atoms with E-state index in [1.54, 1.807) is 20.0 Å². The molecule has 8 nitrogen and oxygen atoms in total. The lowest BCUT2D eigenvalue weighted by atomic mass is 9.97. The van der Waals surface area contributed by atoms with E-state index in [1.807, 2.05) is 31.2 Å². The highest BCUT2D eigenvalue weighted by Gasteiger charge is 2.32. The molecule has 0 saturated heterocycles. The van der Waals surface area contributed by atoms with Crippen LogP contribution in [-0.4, -0.2) is 35.0 Å². The van der Waals surface area contributed by atoms with E-state index >= 15 is 0 Å². The van der Waals surface area contributed by atoms with Crippen molar-refractivity contribution >= 4 is 17.7 Å². The highest BCUT2D eigenvalue weighted by atomic mass is 16.5. The Bertz CT molecular complexity index is 846. The number of carbonyl (C=O) groups excluding carboxylic acids is 2. The molecule has 0 bridgehead atoms. The summed E-state index contributed by atoms with van der Waals surface area (Å²) in [5.41, 5.74) is 0.464. The Morgan fingerprint density at radius 1 is 1.33 bits per heavy atom. The molecule has 2 heterocycles. The van der Waals surface area contributed by atoms with Crippen LogP contribution in [0.4, 0.5) is 10.5 Å². The number of nitrogens with zero attached hydrogens (tertiary/aromatic N) is 2. The fraction of sp³-hybridized carbons (Fsp3) is 0.421. The molecule has 0 spiro atoms. The number of methoxy groups -OCH3 is 1. The lowest BCUT2D eigenvalue weighted by molar-refractivity contribution is -0.150. The van der Waals surface area contributed by atoms with Crippen LogP contribution in [0.1, 0.15) is 38.8 Å². The number of hydrogen-bond acceptors (Lipinski definition) is 5. The summed E-state index contributed by atoms with van der Waals surface area (Å²) in [6.07, 6.45) is 3.77. The minimum atomic E-state index is -0.972. The minimum Gasteiger partial charge on any atom is -0.490 e. The van der Waals surface area contributed by atoms with E-state index < -0.39 is 11.5 Å². The molecule has 144 valence electrons. The van der Waals surface area contributed by atoms with E-state index in [9.17, 15) is 9.59 Å². The van der Waals surface area contributed by atoms with Crippen LogP contribution in [0.25, 0.3) is 0 Å². The van der Waals surface area contributed by atoms with Gasteiger partial charge in [0.1, 0.15) is 5.75 Å². The molecule has 0 radical (unpaired) electrons. The lowest BCUT2D eigenvalue weighted by Crippen LogP contribution is -2.38.